The first-order valence-corrected chi connectivity index (χ1v) is 8.77. The van der Waals surface area contributed by atoms with Gasteiger partial charge in [0.05, 0.1) is 5.69 Å². The van der Waals surface area contributed by atoms with E-state index in [0.29, 0.717) is 11.5 Å². The number of hydrogen-bond donors (Lipinski definition) is 1. The van der Waals surface area contributed by atoms with Crippen molar-refractivity contribution in [3.63, 3.8) is 0 Å². The number of thiophene rings is 1. The highest BCUT2D eigenvalue weighted by molar-refractivity contribution is 7.17. The maximum Gasteiger partial charge on any atom is 0.573 e. The third-order valence-corrected chi connectivity index (χ3v) is 4.68. The van der Waals surface area contributed by atoms with Crippen molar-refractivity contribution in [2.45, 2.75) is 6.36 Å². The van der Waals surface area contributed by atoms with E-state index in [-0.39, 0.29) is 5.75 Å². The Bertz CT molecular complexity index is 1080. The smallest absolute Gasteiger partial charge is 0.406 e. The highest BCUT2D eigenvalue weighted by atomic mass is 32.1. The Balaban J connectivity index is 1.57. The number of alkyl halides is 3. The number of nitrogens with one attached hydrogen (secondary N) is 1. The van der Waals surface area contributed by atoms with Crippen LogP contribution in [0.1, 0.15) is 0 Å². The average molecular weight is 387 g/mol. The van der Waals surface area contributed by atoms with Gasteiger partial charge in [0.25, 0.3) is 0 Å². The Labute approximate surface area is 156 Å². The van der Waals surface area contributed by atoms with E-state index in [4.69, 9.17) is 0 Å². The lowest BCUT2D eigenvalue weighted by Crippen LogP contribution is -2.16. The fourth-order valence-electron chi connectivity index (χ4n) is 2.68. The van der Waals surface area contributed by atoms with Crippen molar-refractivity contribution in [2.75, 3.05) is 5.32 Å². The van der Waals surface area contributed by atoms with Gasteiger partial charge < -0.3 is 10.1 Å². The summed E-state index contributed by atoms with van der Waals surface area (Å²) in [7, 11) is 0. The molecule has 2 heterocycles. The van der Waals surface area contributed by atoms with E-state index in [9.17, 15) is 13.2 Å². The number of halogens is 3. The molecule has 0 saturated heterocycles. The number of benzene rings is 2. The van der Waals surface area contributed by atoms with Gasteiger partial charge in [-0.3, -0.25) is 0 Å². The van der Waals surface area contributed by atoms with Gasteiger partial charge in [-0.25, -0.2) is 9.97 Å². The summed E-state index contributed by atoms with van der Waals surface area (Å²) >= 11 is 1.66. The summed E-state index contributed by atoms with van der Waals surface area (Å²) in [5.41, 5.74) is 2.34. The maximum atomic E-state index is 12.2. The zero-order valence-electron chi connectivity index (χ0n) is 13.7. The number of anilines is 2. The van der Waals surface area contributed by atoms with Crippen LogP contribution in [0.15, 0.2) is 66.3 Å². The minimum atomic E-state index is -4.71. The monoisotopic (exact) mass is 387 g/mol. The Morgan fingerprint density at radius 3 is 2.56 bits per heavy atom. The highest BCUT2D eigenvalue weighted by Gasteiger charge is 2.30. The van der Waals surface area contributed by atoms with E-state index in [1.165, 1.54) is 35.3 Å². The quantitative estimate of drug-likeness (QED) is 0.466. The summed E-state index contributed by atoms with van der Waals surface area (Å²) in [6, 6.07) is 15.3. The van der Waals surface area contributed by atoms with Gasteiger partial charge in [-0.15, -0.1) is 24.5 Å². The number of aromatic nitrogens is 2. The van der Waals surface area contributed by atoms with E-state index in [1.54, 1.807) is 17.4 Å². The minimum Gasteiger partial charge on any atom is -0.406 e. The lowest BCUT2D eigenvalue weighted by molar-refractivity contribution is -0.274. The molecule has 0 radical (unpaired) electrons. The Kier molecular flexibility index (Phi) is 4.41. The maximum absolute atomic E-state index is 12.2. The molecule has 1 N–H and O–H groups in total. The van der Waals surface area contributed by atoms with Gasteiger partial charge in [-0.1, -0.05) is 12.1 Å². The van der Waals surface area contributed by atoms with E-state index in [1.807, 2.05) is 23.6 Å². The van der Waals surface area contributed by atoms with Crippen LogP contribution in [0.5, 0.6) is 5.75 Å². The standard InChI is InChI=1S/C19H12F3N3OS/c20-19(21,22)26-13-6-4-12(5-7-13)25-18-10-16(23-11-24-18)14-2-1-3-17-15(14)8-9-27-17/h1-11H,(H,23,24,25). The van der Waals surface area contributed by atoms with Gasteiger partial charge in [0.2, 0.25) is 0 Å². The molecule has 0 unspecified atom stereocenters. The van der Waals surface area contributed by atoms with Crippen LogP contribution in [0.25, 0.3) is 21.3 Å². The van der Waals surface area contributed by atoms with Crippen molar-refractivity contribution in [1.82, 2.24) is 9.97 Å². The van der Waals surface area contributed by atoms with Crippen molar-refractivity contribution < 1.29 is 17.9 Å². The molecule has 0 spiro atoms. The van der Waals surface area contributed by atoms with Crippen molar-refractivity contribution in [1.29, 1.82) is 0 Å². The molecular weight excluding hydrogens is 375 g/mol. The van der Waals surface area contributed by atoms with Crippen molar-refractivity contribution >= 4 is 32.9 Å². The summed E-state index contributed by atoms with van der Waals surface area (Å²) in [4.78, 5) is 8.52. The molecule has 8 heteroatoms. The third-order valence-electron chi connectivity index (χ3n) is 3.80. The highest BCUT2D eigenvalue weighted by Crippen LogP contribution is 2.31. The molecule has 0 bridgehead atoms. The molecule has 4 aromatic rings. The molecule has 4 rings (SSSR count). The van der Waals surface area contributed by atoms with Gasteiger partial charge in [0.1, 0.15) is 17.9 Å². The summed E-state index contributed by atoms with van der Waals surface area (Å²) in [5.74, 6) is 0.261. The van der Waals surface area contributed by atoms with Gasteiger partial charge in [-0.05, 0) is 41.8 Å². The molecule has 27 heavy (non-hydrogen) atoms. The first kappa shape index (κ1) is 17.3. The Morgan fingerprint density at radius 2 is 1.78 bits per heavy atom. The first-order valence-electron chi connectivity index (χ1n) is 7.89. The number of hydrogen-bond acceptors (Lipinski definition) is 5. The van der Waals surface area contributed by atoms with Crippen molar-refractivity contribution in [3.8, 4) is 17.0 Å². The first-order chi connectivity index (χ1) is 13.0. The fraction of sp³-hybridized carbons (Fsp3) is 0.0526. The second-order valence-corrected chi connectivity index (χ2v) is 6.57. The normalized spacial score (nSPS) is 11.5. The summed E-state index contributed by atoms with van der Waals surface area (Å²) < 4.78 is 41.7. The summed E-state index contributed by atoms with van der Waals surface area (Å²) in [6.07, 6.45) is -3.26. The largest absolute Gasteiger partial charge is 0.573 e. The van der Waals surface area contributed by atoms with Crippen LogP contribution >= 0.6 is 11.3 Å². The van der Waals surface area contributed by atoms with Crippen LogP contribution in [0.4, 0.5) is 24.7 Å². The van der Waals surface area contributed by atoms with Gasteiger partial charge in [0.15, 0.2) is 0 Å². The van der Waals surface area contributed by atoms with Crippen LogP contribution in [-0.2, 0) is 0 Å². The van der Waals surface area contributed by atoms with E-state index < -0.39 is 6.36 Å². The van der Waals surface area contributed by atoms with Gasteiger partial charge in [0, 0.05) is 27.4 Å². The third kappa shape index (κ3) is 4.01. The van der Waals surface area contributed by atoms with Crippen molar-refractivity contribution in [2.24, 2.45) is 0 Å². The second kappa shape index (κ2) is 6.88. The topological polar surface area (TPSA) is 47.0 Å². The molecule has 0 atom stereocenters. The molecule has 0 aliphatic heterocycles. The number of nitrogens with zero attached hydrogens (tertiary/aromatic N) is 2. The van der Waals surface area contributed by atoms with E-state index in [2.05, 4.69) is 26.1 Å². The van der Waals surface area contributed by atoms with E-state index >= 15 is 0 Å². The van der Waals surface area contributed by atoms with Crippen LogP contribution in [0.3, 0.4) is 0 Å². The van der Waals surface area contributed by atoms with Crippen LogP contribution in [-0.4, -0.2) is 16.3 Å². The number of rotatable bonds is 4. The second-order valence-electron chi connectivity index (χ2n) is 5.62. The lowest BCUT2D eigenvalue weighted by atomic mass is 10.1. The molecule has 0 aliphatic rings. The predicted molar refractivity (Wildman–Crippen MR) is 99.3 cm³/mol. The molecule has 0 aliphatic carbocycles. The predicted octanol–water partition coefficient (Wildman–Crippen LogP) is 6.00. The molecular formula is C19H12F3N3OS. The molecule has 2 aromatic heterocycles. The molecule has 2 aromatic carbocycles. The number of ether oxygens (including phenoxy) is 1. The zero-order chi connectivity index (χ0) is 18.9. The average Bonchev–Trinajstić information content (AvgIpc) is 3.11. The Morgan fingerprint density at radius 1 is 0.963 bits per heavy atom. The van der Waals surface area contributed by atoms with Crippen LogP contribution in [0.2, 0.25) is 0 Å². The van der Waals surface area contributed by atoms with Gasteiger partial charge in [-0.2, -0.15) is 0 Å². The SMILES string of the molecule is FC(F)(F)Oc1ccc(Nc2cc(-c3cccc4sccc34)ncn2)cc1. The zero-order valence-corrected chi connectivity index (χ0v) is 14.5. The molecule has 0 fully saturated rings. The van der Waals surface area contributed by atoms with E-state index in [0.717, 1.165) is 16.6 Å². The summed E-state index contributed by atoms with van der Waals surface area (Å²) in [6.45, 7) is 0. The molecule has 0 saturated carbocycles. The van der Waals surface area contributed by atoms with Gasteiger partial charge >= 0.3 is 6.36 Å². The molecule has 0 amide bonds. The Hall–Kier alpha value is -3.13. The lowest BCUT2D eigenvalue weighted by Gasteiger charge is -2.10. The molecule has 4 nitrogen and oxygen atoms in total. The van der Waals surface area contributed by atoms with Crippen molar-refractivity contribution in [3.05, 3.63) is 66.3 Å². The fourth-order valence-corrected chi connectivity index (χ4v) is 3.49. The number of fused-ring (bicyclic) bond motifs is 1. The molecule has 136 valence electrons. The van der Waals surface area contributed by atoms with Crippen LogP contribution in [0, 0.1) is 0 Å². The van der Waals surface area contributed by atoms with Crippen LogP contribution < -0.4 is 10.1 Å². The minimum absolute atomic E-state index is 0.277. The summed E-state index contributed by atoms with van der Waals surface area (Å²) in [5, 5.41) is 6.20.